The molecule has 0 aliphatic carbocycles. The summed E-state index contributed by atoms with van der Waals surface area (Å²) in [5, 5.41) is 3.26. The first kappa shape index (κ1) is 15.3. The fraction of sp³-hybridized carbons (Fsp3) is 0.571. The van der Waals surface area contributed by atoms with E-state index in [4.69, 9.17) is 4.74 Å². The third-order valence-corrected chi connectivity index (χ3v) is 4.43. The largest absolute Gasteiger partial charge is 0.385 e. The van der Waals surface area contributed by atoms with E-state index in [9.17, 15) is 4.21 Å². The maximum absolute atomic E-state index is 12.0. The monoisotopic (exact) mass is 269 g/mol. The van der Waals surface area contributed by atoms with Gasteiger partial charge in [0.2, 0.25) is 0 Å². The van der Waals surface area contributed by atoms with Crippen LogP contribution in [-0.2, 0) is 15.5 Å². The van der Waals surface area contributed by atoms with E-state index in [0.29, 0.717) is 18.1 Å². The predicted octanol–water partition coefficient (Wildman–Crippen LogP) is 2.04. The summed E-state index contributed by atoms with van der Waals surface area (Å²) in [5.41, 5.74) is 2.48. The molecule has 18 heavy (non-hydrogen) atoms. The van der Waals surface area contributed by atoms with Crippen molar-refractivity contribution in [2.24, 2.45) is 0 Å². The Morgan fingerprint density at radius 1 is 1.39 bits per heavy atom. The van der Waals surface area contributed by atoms with Crippen molar-refractivity contribution >= 4 is 10.8 Å². The van der Waals surface area contributed by atoms with Crippen molar-refractivity contribution in [3.63, 3.8) is 0 Å². The van der Waals surface area contributed by atoms with Crippen LogP contribution in [0.15, 0.2) is 24.3 Å². The van der Waals surface area contributed by atoms with Crippen molar-refractivity contribution in [1.29, 1.82) is 0 Å². The van der Waals surface area contributed by atoms with Gasteiger partial charge in [-0.25, -0.2) is 0 Å². The molecular formula is C14H23NO2S. The highest BCUT2D eigenvalue weighted by atomic mass is 32.2. The van der Waals surface area contributed by atoms with Crippen molar-refractivity contribution in [3.8, 4) is 0 Å². The van der Waals surface area contributed by atoms with Crippen molar-refractivity contribution in [2.75, 3.05) is 32.3 Å². The molecule has 1 aromatic rings. The van der Waals surface area contributed by atoms with Crippen LogP contribution >= 0.6 is 0 Å². The SMILES string of the molecule is CNC(CS(=O)CCCOC)c1ccccc1C. The normalized spacial score (nSPS) is 14.4. The molecule has 102 valence electrons. The van der Waals surface area contributed by atoms with Gasteiger partial charge < -0.3 is 10.1 Å². The number of aryl methyl sites for hydroxylation is 1. The topological polar surface area (TPSA) is 38.3 Å². The zero-order valence-corrected chi connectivity index (χ0v) is 12.3. The van der Waals surface area contributed by atoms with Gasteiger partial charge in [0, 0.05) is 42.1 Å². The predicted molar refractivity (Wildman–Crippen MR) is 77.3 cm³/mol. The van der Waals surface area contributed by atoms with Crippen molar-refractivity contribution in [2.45, 2.75) is 19.4 Å². The van der Waals surface area contributed by atoms with Crippen LogP contribution in [-0.4, -0.2) is 36.5 Å². The maximum atomic E-state index is 12.0. The maximum Gasteiger partial charge on any atom is 0.0471 e. The minimum atomic E-state index is -0.803. The molecular weight excluding hydrogens is 246 g/mol. The highest BCUT2D eigenvalue weighted by Gasteiger charge is 2.14. The number of nitrogens with one attached hydrogen (secondary N) is 1. The van der Waals surface area contributed by atoms with Crippen molar-refractivity contribution in [1.82, 2.24) is 5.32 Å². The first-order valence-corrected chi connectivity index (χ1v) is 7.74. The van der Waals surface area contributed by atoms with Gasteiger partial charge in [0.1, 0.15) is 0 Å². The van der Waals surface area contributed by atoms with Crippen LogP contribution in [0.1, 0.15) is 23.6 Å². The fourth-order valence-electron chi connectivity index (χ4n) is 1.94. The summed E-state index contributed by atoms with van der Waals surface area (Å²) in [5.74, 6) is 1.36. The molecule has 2 atom stereocenters. The van der Waals surface area contributed by atoms with E-state index in [1.54, 1.807) is 7.11 Å². The van der Waals surface area contributed by atoms with Crippen LogP contribution in [0.4, 0.5) is 0 Å². The number of hydrogen-bond donors (Lipinski definition) is 1. The highest BCUT2D eigenvalue weighted by molar-refractivity contribution is 7.85. The summed E-state index contributed by atoms with van der Waals surface area (Å²) in [6, 6.07) is 8.41. The fourth-order valence-corrected chi connectivity index (χ4v) is 3.26. The van der Waals surface area contributed by atoms with E-state index in [0.717, 1.165) is 6.42 Å². The van der Waals surface area contributed by atoms with Gasteiger partial charge >= 0.3 is 0 Å². The van der Waals surface area contributed by atoms with Gasteiger partial charge in [-0.05, 0) is 31.5 Å². The Morgan fingerprint density at radius 3 is 2.72 bits per heavy atom. The third-order valence-electron chi connectivity index (χ3n) is 2.99. The van der Waals surface area contributed by atoms with Crippen LogP contribution in [0.3, 0.4) is 0 Å². The van der Waals surface area contributed by atoms with Gasteiger partial charge in [-0.3, -0.25) is 4.21 Å². The minimum Gasteiger partial charge on any atom is -0.385 e. The van der Waals surface area contributed by atoms with E-state index in [2.05, 4.69) is 24.4 Å². The quantitative estimate of drug-likeness (QED) is 0.734. The lowest BCUT2D eigenvalue weighted by Crippen LogP contribution is -2.24. The van der Waals surface area contributed by atoms with Gasteiger partial charge in [0.05, 0.1) is 0 Å². The molecule has 0 bridgehead atoms. The molecule has 1 aromatic carbocycles. The summed E-state index contributed by atoms with van der Waals surface area (Å²) < 4.78 is 17.0. The van der Waals surface area contributed by atoms with E-state index in [1.165, 1.54) is 11.1 Å². The van der Waals surface area contributed by atoms with Crippen LogP contribution in [0, 0.1) is 6.92 Å². The van der Waals surface area contributed by atoms with Gasteiger partial charge in [0.15, 0.2) is 0 Å². The molecule has 0 fully saturated rings. The second-order valence-electron chi connectivity index (χ2n) is 4.35. The zero-order chi connectivity index (χ0) is 13.4. The van der Waals surface area contributed by atoms with Crippen molar-refractivity contribution < 1.29 is 8.95 Å². The van der Waals surface area contributed by atoms with Crippen LogP contribution in [0.2, 0.25) is 0 Å². The van der Waals surface area contributed by atoms with Crippen LogP contribution < -0.4 is 5.32 Å². The van der Waals surface area contributed by atoms with E-state index in [1.807, 2.05) is 19.2 Å². The van der Waals surface area contributed by atoms with Crippen LogP contribution in [0.5, 0.6) is 0 Å². The van der Waals surface area contributed by atoms with Crippen LogP contribution in [0.25, 0.3) is 0 Å². The lowest BCUT2D eigenvalue weighted by molar-refractivity contribution is 0.200. The van der Waals surface area contributed by atoms with E-state index in [-0.39, 0.29) is 6.04 Å². The van der Waals surface area contributed by atoms with E-state index >= 15 is 0 Å². The third kappa shape index (κ3) is 4.88. The Kier molecular flexibility index (Phi) is 7.16. The van der Waals surface area contributed by atoms with Crippen molar-refractivity contribution in [3.05, 3.63) is 35.4 Å². The summed E-state index contributed by atoms with van der Waals surface area (Å²) >= 11 is 0. The Balaban J connectivity index is 2.57. The number of hydrogen-bond acceptors (Lipinski definition) is 3. The molecule has 0 heterocycles. The molecule has 1 N–H and O–H groups in total. The molecule has 0 saturated heterocycles. The molecule has 0 saturated carbocycles. The minimum absolute atomic E-state index is 0.162. The van der Waals surface area contributed by atoms with Gasteiger partial charge in [-0.2, -0.15) is 0 Å². The Bertz CT molecular complexity index is 382. The second-order valence-corrected chi connectivity index (χ2v) is 5.98. The zero-order valence-electron chi connectivity index (χ0n) is 11.4. The highest BCUT2D eigenvalue weighted by Crippen LogP contribution is 2.18. The molecule has 0 aliphatic rings. The molecule has 3 nitrogen and oxygen atoms in total. The van der Waals surface area contributed by atoms with Gasteiger partial charge in [0.25, 0.3) is 0 Å². The molecule has 0 aromatic heterocycles. The lowest BCUT2D eigenvalue weighted by atomic mass is 10.0. The first-order valence-electron chi connectivity index (χ1n) is 6.25. The summed E-state index contributed by atoms with van der Waals surface area (Å²) in [6.45, 7) is 2.77. The molecule has 4 heteroatoms. The first-order chi connectivity index (χ1) is 8.69. The standard InChI is InChI=1S/C14H23NO2S/c1-12-7-4-5-8-13(12)14(15-2)11-18(16)10-6-9-17-3/h4-5,7-8,14-15H,6,9-11H2,1-3H3. The molecule has 1 rings (SSSR count). The number of methoxy groups -OCH3 is 1. The molecule has 2 unspecified atom stereocenters. The average molecular weight is 269 g/mol. The molecule has 0 spiro atoms. The average Bonchev–Trinajstić information content (AvgIpc) is 2.37. The number of rotatable bonds is 8. The smallest absolute Gasteiger partial charge is 0.0471 e. The number of ether oxygens (including phenoxy) is 1. The second kappa shape index (κ2) is 8.40. The Hall–Kier alpha value is -0.710. The summed E-state index contributed by atoms with van der Waals surface area (Å²) in [4.78, 5) is 0. The number of benzene rings is 1. The summed E-state index contributed by atoms with van der Waals surface area (Å²) in [7, 11) is 2.79. The molecule has 0 amide bonds. The Morgan fingerprint density at radius 2 is 2.11 bits per heavy atom. The van der Waals surface area contributed by atoms with Gasteiger partial charge in [-0.1, -0.05) is 24.3 Å². The molecule has 0 aliphatic heterocycles. The van der Waals surface area contributed by atoms with E-state index < -0.39 is 10.8 Å². The van der Waals surface area contributed by atoms with Gasteiger partial charge in [-0.15, -0.1) is 0 Å². The lowest BCUT2D eigenvalue weighted by Gasteiger charge is -2.18. The summed E-state index contributed by atoms with van der Waals surface area (Å²) in [6.07, 6.45) is 0.854. The molecule has 0 radical (unpaired) electrons. The Labute approximate surface area is 112 Å².